The highest BCUT2D eigenvalue weighted by Gasteiger charge is 2.41. The number of aryl methyl sites for hydroxylation is 1. The summed E-state index contributed by atoms with van der Waals surface area (Å²) in [6.45, 7) is 1.98. The summed E-state index contributed by atoms with van der Waals surface area (Å²) >= 11 is 0. The van der Waals surface area contributed by atoms with E-state index in [-0.39, 0.29) is 0 Å². The van der Waals surface area contributed by atoms with Crippen LogP contribution >= 0.6 is 0 Å². The third-order valence-electron chi connectivity index (χ3n) is 6.78. The molecule has 6 aromatic rings. The van der Waals surface area contributed by atoms with E-state index in [4.69, 9.17) is 10.8 Å². The van der Waals surface area contributed by atoms with E-state index < -0.39 is 5.54 Å². The number of nitrogen functional groups attached to an aromatic ring is 1. The largest absolute Gasteiger partial charge is 0.399 e. The van der Waals surface area contributed by atoms with Crippen molar-refractivity contribution in [3.63, 3.8) is 0 Å². The van der Waals surface area contributed by atoms with Gasteiger partial charge >= 0.3 is 0 Å². The zero-order valence-corrected chi connectivity index (χ0v) is 20.9. The molecular formula is C32H26N6. The molecule has 4 aromatic carbocycles. The molecule has 0 aliphatic carbocycles. The smallest absolute Gasteiger partial charge is 0.205 e. The average Bonchev–Trinajstić information content (AvgIpc) is 3.46. The van der Waals surface area contributed by atoms with Crippen molar-refractivity contribution in [2.75, 3.05) is 5.73 Å². The van der Waals surface area contributed by atoms with Crippen molar-refractivity contribution in [3.05, 3.63) is 150 Å². The minimum atomic E-state index is -0.844. The van der Waals surface area contributed by atoms with Gasteiger partial charge in [-0.25, -0.2) is 0 Å². The molecule has 6 nitrogen and oxygen atoms in total. The van der Waals surface area contributed by atoms with Crippen molar-refractivity contribution in [2.24, 2.45) is 0 Å². The van der Waals surface area contributed by atoms with Crippen molar-refractivity contribution < 1.29 is 0 Å². The third-order valence-corrected chi connectivity index (χ3v) is 6.78. The molecule has 6 heteroatoms. The summed E-state index contributed by atoms with van der Waals surface area (Å²) in [7, 11) is 0. The maximum Gasteiger partial charge on any atom is 0.205 e. The van der Waals surface area contributed by atoms with Gasteiger partial charge in [-0.3, -0.25) is 4.98 Å². The van der Waals surface area contributed by atoms with Crippen LogP contribution in [0.2, 0.25) is 0 Å². The SMILES string of the molecule is Cc1cc(-c2ccc(N)cc2-c2nnn(C(c3ccccc3)(c3ccccc3)c3ccccc3)n2)ccn1. The number of benzene rings is 4. The van der Waals surface area contributed by atoms with Crippen molar-refractivity contribution in [2.45, 2.75) is 12.5 Å². The topological polar surface area (TPSA) is 82.5 Å². The molecule has 0 bridgehead atoms. The number of aromatic nitrogens is 5. The Morgan fingerprint density at radius 3 is 1.79 bits per heavy atom. The molecule has 184 valence electrons. The van der Waals surface area contributed by atoms with Crippen LogP contribution in [0.5, 0.6) is 0 Å². The molecule has 0 aliphatic rings. The number of hydrogen-bond acceptors (Lipinski definition) is 5. The molecule has 0 atom stereocenters. The lowest BCUT2D eigenvalue weighted by atomic mass is 9.77. The number of anilines is 1. The van der Waals surface area contributed by atoms with Crippen LogP contribution in [0.3, 0.4) is 0 Å². The highest BCUT2D eigenvalue weighted by atomic mass is 15.6. The normalized spacial score (nSPS) is 11.4. The van der Waals surface area contributed by atoms with E-state index in [1.54, 1.807) is 11.0 Å². The monoisotopic (exact) mass is 494 g/mol. The summed E-state index contributed by atoms with van der Waals surface area (Å²) < 4.78 is 0. The molecule has 0 radical (unpaired) electrons. The lowest BCUT2D eigenvalue weighted by molar-refractivity contribution is 0.396. The summed E-state index contributed by atoms with van der Waals surface area (Å²) in [6, 6.07) is 40.7. The van der Waals surface area contributed by atoms with E-state index in [0.29, 0.717) is 11.5 Å². The lowest BCUT2D eigenvalue weighted by Crippen LogP contribution is -2.39. The minimum absolute atomic E-state index is 0.494. The molecule has 0 amide bonds. The van der Waals surface area contributed by atoms with Gasteiger partial charge in [0.15, 0.2) is 5.54 Å². The van der Waals surface area contributed by atoms with Crippen molar-refractivity contribution in [1.29, 1.82) is 0 Å². The first-order valence-electron chi connectivity index (χ1n) is 12.5. The van der Waals surface area contributed by atoms with E-state index in [2.05, 4.69) is 51.7 Å². The molecule has 0 spiro atoms. The van der Waals surface area contributed by atoms with Crippen molar-refractivity contribution in [1.82, 2.24) is 25.2 Å². The second-order valence-electron chi connectivity index (χ2n) is 9.20. The average molecular weight is 495 g/mol. The predicted octanol–water partition coefficient (Wildman–Crippen LogP) is 6.13. The lowest BCUT2D eigenvalue weighted by Gasteiger charge is -2.34. The highest BCUT2D eigenvalue weighted by Crippen LogP contribution is 2.40. The van der Waals surface area contributed by atoms with E-state index in [9.17, 15) is 0 Å². The Bertz CT molecular complexity index is 1580. The predicted molar refractivity (Wildman–Crippen MR) is 150 cm³/mol. The fourth-order valence-electron chi connectivity index (χ4n) is 5.06. The van der Waals surface area contributed by atoms with Crippen LogP contribution < -0.4 is 5.73 Å². The number of nitrogens with two attached hydrogens (primary N) is 1. The van der Waals surface area contributed by atoms with Crippen LogP contribution in [-0.4, -0.2) is 25.2 Å². The fraction of sp³-hybridized carbons (Fsp3) is 0.0625. The van der Waals surface area contributed by atoms with Crippen LogP contribution in [0.1, 0.15) is 22.4 Å². The number of pyridine rings is 1. The van der Waals surface area contributed by atoms with Crippen LogP contribution in [-0.2, 0) is 5.54 Å². The first-order chi connectivity index (χ1) is 18.7. The summed E-state index contributed by atoms with van der Waals surface area (Å²) in [4.78, 5) is 6.08. The summed E-state index contributed by atoms with van der Waals surface area (Å²) in [5, 5.41) is 14.3. The maximum atomic E-state index is 6.24. The summed E-state index contributed by atoms with van der Waals surface area (Å²) in [6.07, 6.45) is 1.81. The molecule has 2 heterocycles. The Kier molecular flexibility index (Phi) is 5.98. The number of hydrogen-bond donors (Lipinski definition) is 1. The minimum Gasteiger partial charge on any atom is -0.399 e. The standard InChI is InChI=1S/C32H26N6/c1-23-21-24(19-20-34-23)29-18-17-28(33)22-30(29)31-35-37-38(36-31)32(25-11-5-2-6-12-25,26-13-7-3-8-14-26)27-15-9-4-10-16-27/h2-22H,33H2,1H3. The summed E-state index contributed by atoms with van der Waals surface area (Å²) in [5.41, 5.74) is 12.8. The zero-order valence-electron chi connectivity index (χ0n) is 20.9. The number of tetrazole rings is 1. The Morgan fingerprint density at radius 1 is 0.658 bits per heavy atom. The molecule has 38 heavy (non-hydrogen) atoms. The van der Waals surface area contributed by atoms with Gasteiger partial charge in [-0.05, 0) is 64.2 Å². The molecule has 0 saturated carbocycles. The highest BCUT2D eigenvalue weighted by molar-refractivity contribution is 5.82. The van der Waals surface area contributed by atoms with Gasteiger partial charge in [-0.2, -0.15) is 0 Å². The van der Waals surface area contributed by atoms with Crippen LogP contribution in [0, 0.1) is 6.92 Å². The van der Waals surface area contributed by atoms with Crippen LogP contribution in [0.15, 0.2) is 128 Å². The van der Waals surface area contributed by atoms with Gasteiger partial charge in [0.2, 0.25) is 5.82 Å². The molecule has 2 aromatic heterocycles. The van der Waals surface area contributed by atoms with E-state index in [1.807, 2.05) is 91.9 Å². The molecule has 0 fully saturated rings. The van der Waals surface area contributed by atoms with Gasteiger partial charge in [-0.15, -0.1) is 15.0 Å². The van der Waals surface area contributed by atoms with Crippen LogP contribution in [0.25, 0.3) is 22.5 Å². The number of rotatable bonds is 6. The first-order valence-corrected chi connectivity index (χ1v) is 12.5. The van der Waals surface area contributed by atoms with Gasteiger partial charge in [0.05, 0.1) is 0 Å². The van der Waals surface area contributed by atoms with Gasteiger partial charge in [-0.1, -0.05) is 97.1 Å². The molecule has 0 aliphatic heterocycles. The molecule has 2 N–H and O–H groups in total. The van der Waals surface area contributed by atoms with E-state index in [1.165, 1.54) is 0 Å². The van der Waals surface area contributed by atoms with E-state index in [0.717, 1.165) is 39.1 Å². The zero-order chi connectivity index (χ0) is 26.0. The Labute approximate surface area is 221 Å². The van der Waals surface area contributed by atoms with E-state index >= 15 is 0 Å². The molecule has 6 rings (SSSR count). The quantitative estimate of drug-likeness (QED) is 0.222. The molecule has 0 unspecified atom stereocenters. The van der Waals surface area contributed by atoms with Gasteiger partial charge in [0.1, 0.15) is 0 Å². The fourth-order valence-corrected chi connectivity index (χ4v) is 5.06. The number of nitrogens with zero attached hydrogens (tertiary/aromatic N) is 5. The molecule has 0 saturated heterocycles. The second kappa shape index (κ2) is 9.75. The maximum absolute atomic E-state index is 6.24. The Balaban J connectivity index is 1.61. The third kappa shape index (κ3) is 4.02. The Morgan fingerprint density at radius 2 is 1.24 bits per heavy atom. The van der Waals surface area contributed by atoms with Gasteiger partial charge in [0, 0.05) is 23.1 Å². The van der Waals surface area contributed by atoms with Crippen molar-refractivity contribution in [3.8, 4) is 22.5 Å². The van der Waals surface area contributed by atoms with Gasteiger partial charge in [0.25, 0.3) is 0 Å². The molecular weight excluding hydrogens is 468 g/mol. The van der Waals surface area contributed by atoms with Crippen LogP contribution in [0.4, 0.5) is 5.69 Å². The Hall–Kier alpha value is -5.10. The van der Waals surface area contributed by atoms with Gasteiger partial charge < -0.3 is 5.73 Å². The first kappa shape index (κ1) is 23.3. The second-order valence-corrected chi connectivity index (χ2v) is 9.20. The van der Waals surface area contributed by atoms with Crippen molar-refractivity contribution >= 4 is 5.69 Å². The summed E-state index contributed by atoms with van der Waals surface area (Å²) in [5.74, 6) is 0.494.